The number of nitrogens with zero attached hydrogens (tertiary/aromatic N) is 1. The van der Waals surface area contributed by atoms with Crippen LogP contribution in [0, 0.1) is 0 Å². The number of hydrogen-bond donors (Lipinski definition) is 0. The summed E-state index contributed by atoms with van der Waals surface area (Å²) in [6.07, 6.45) is 1.97. The molecule has 0 saturated heterocycles. The topological polar surface area (TPSA) is 31.2 Å². The van der Waals surface area contributed by atoms with Gasteiger partial charge in [0.15, 0.2) is 0 Å². The van der Waals surface area contributed by atoms with Crippen molar-refractivity contribution in [1.29, 1.82) is 0 Å². The third-order valence-corrected chi connectivity index (χ3v) is 2.12. The maximum Gasteiger partial charge on any atom is 0.308 e. The second kappa shape index (κ2) is 3.18. The molecule has 2 aromatic rings. The van der Waals surface area contributed by atoms with Crippen LogP contribution in [-0.4, -0.2) is 10.5 Å². The molecule has 1 heterocycles. The summed E-state index contributed by atoms with van der Waals surface area (Å²) in [6.45, 7) is 1.40. The summed E-state index contributed by atoms with van der Waals surface area (Å²) >= 11 is 0. The van der Waals surface area contributed by atoms with Crippen molar-refractivity contribution in [2.75, 3.05) is 0 Å². The molecule has 0 aliphatic heterocycles. The summed E-state index contributed by atoms with van der Waals surface area (Å²) in [4.78, 5) is 10.7. The molecule has 3 heteroatoms. The Balaban J connectivity index is 2.49. The van der Waals surface area contributed by atoms with E-state index in [-0.39, 0.29) is 5.97 Å². The normalized spacial score (nSPS) is 10.4. The number of rotatable bonds is 1. The van der Waals surface area contributed by atoms with Crippen molar-refractivity contribution in [1.82, 2.24) is 4.57 Å². The Morgan fingerprint density at radius 1 is 1.36 bits per heavy atom. The molecule has 0 saturated carbocycles. The molecule has 1 aromatic heterocycles. The monoisotopic (exact) mass is 189 g/mol. The molecule has 72 valence electrons. The van der Waals surface area contributed by atoms with Crippen molar-refractivity contribution in [3.8, 4) is 5.75 Å². The third kappa shape index (κ3) is 1.48. The van der Waals surface area contributed by atoms with Crippen molar-refractivity contribution in [3.63, 3.8) is 0 Å². The van der Waals surface area contributed by atoms with Crippen LogP contribution in [-0.2, 0) is 11.8 Å². The predicted octanol–water partition coefficient (Wildman–Crippen LogP) is 2.10. The molecule has 3 nitrogen and oxygen atoms in total. The summed E-state index contributed by atoms with van der Waals surface area (Å²) in [5.74, 6) is 0.297. The highest BCUT2D eigenvalue weighted by Gasteiger charge is 2.02. The van der Waals surface area contributed by atoms with Gasteiger partial charge in [-0.3, -0.25) is 4.79 Å². The van der Waals surface area contributed by atoms with Gasteiger partial charge in [-0.25, -0.2) is 0 Å². The molecule has 0 atom stereocenters. The van der Waals surface area contributed by atoms with Crippen molar-refractivity contribution < 1.29 is 9.53 Å². The molecule has 0 spiro atoms. The Morgan fingerprint density at radius 3 is 2.86 bits per heavy atom. The SMILES string of the molecule is CC(=O)Oc1ccc2ccn(C)c2c1. The third-order valence-electron chi connectivity index (χ3n) is 2.12. The fourth-order valence-corrected chi connectivity index (χ4v) is 1.47. The van der Waals surface area contributed by atoms with Crippen LogP contribution in [0.2, 0.25) is 0 Å². The van der Waals surface area contributed by atoms with E-state index in [1.165, 1.54) is 6.92 Å². The molecular weight excluding hydrogens is 178 g/mol. The maximum atomic E-state index is 10.7. The minimum atomic E-state index is -0.293. The van der Waals surface area contributed by atoms with E-state index in [9.17, 15) is 4.79 Å². The molecule has 0 radical (unpaired) electrons. The molecule has 2 rings (SSSR count). The van der Waals surface area contributed by atoms with Gasteiger partial charge >= 0.3 is 5.97 Å². The number of aromatic nitrogens is 1. The van der Waals surface area contributed by atoms with E-state index in [1.807, 2.05) is 36.0 Å². The lowest BCUT2D eigenvalue weighted by atomic mass is 10.2. The number of carbonyl (C=O) groups is 1. The first-order chi connectivity index (χ1) is 6.66. The van der Waals surface area contributed by atoms with Gasteiger partial charge < -0.3 is 9.30 Å². The standard InChI is InChI=1S/C11H11NO2/c1-8(13)14-10-4-3-9-5-6-12(2)11(9)7-10/h3-7H,1-2H3. The summed E-state index contributed by atoms with van der Waals surface area (Å²) in [5, 5.41) is 1.14. The highest BCUT2D eigenvalue weighted by atomic mass is 16.5. The number of fused-ring (bicyclic) bond motifs is 1. The van der Waals surface area contributed by atoms with Crippen LogP contribution in [0.25, 0.3) is 10.9 Å². The first kappa shape index (κ1) is 8.81. The van der Waals surface area contributed by atoms with Gasteiger partial charge in [-0.2, -0.15) is 0 Å². The first-order valence-electron chi connectivity index (χ1n) is 4.40. The van der Waals surface area contributed by atoms with E-state index >= 15 is 0 Å². The molecule has 1 aromatic carbocycles. The highest BCUT2D eigenvalue weighted by molar-refractivity contribution is 5.82. The molecule has 0 N–H and O–H groups in total. The molecule has 0 fully saturated rings. The van der Waals surface area contributed by atoms with Crippen molar-refractivity contribution in [2.24, 2.45) is 7.05 Å². The lowest BCUT2D eigenvalue weighted by molar-refractivity contribution is -0.131. The average Bonchev–Trinajstić information content (AvgIpc) is 2.47. The summed E-state index contributed by atoms with van der Waals surface area (Å²) in [7, 11) is 1.96. The second-order valence-corrected chi connectivity index (χ2v) is 3.24. The number of hydrogen-bond acceptors (Lipinski definition) is 2. The van der Waals surface area contributed by atoms with E-state index in [2.05, 4.69) is 0 Å². The number of carbonyl (C=O) groups excluding carboxylic acids is 1. The lowest BCUT2D eigenvalue weighted by Crippen LogP contribution is -2.01. The minimum Gasteiger partial charge on any atom is -0.427 e. The number of esters is 1. The van der Waals surface area contributed by atoms with Gasteiger partial charge in [-0.15, -0.1) is 0 Å². The summed E-state index contributed by atoms with van der Waals surface area (Å²) < 4.78 is 6.98. The Hall–Kier alpha value is -1.77. The first-order valence-corrected chi connectivity index (χ1v) is 4.40. The van der Waals surface area contributed by atoms with E-state index in [0.717, 1.165) is 10.9 Å². The van der Waals surface area contributed by atoms with E-state index < -0.39 is 0 Å². The quantitative estimate of drug-likeness (QED) is 0.508. The zero-order valence-electron chi connectivity index (χ0n) is 8.15. The zero-order chi connectivity index (χ0) is 10.1. The van der Waals surface area contributed by atoms with Gasteiger partial charge in [-0.05, 0) is 23.6 Å². The van der Waals surface area contributed by atoms with E-state index in [4.69, 9.17) is 4.74 Å². The molecule has 0 unspecified atom stereocenters. The van der Waals surface area contributed by atoms with E-state index in [0.29, 0.717) is 5.75 Å². The summed E-state index contributed by atoms with van der Waals surface area (Å²) in [6, 6.07) is 7.61. The fraction of sp³-hybridized carbons (Fsp3) is 0.182. The van der Waals surface area contributed by atoms with Crippen LogP contribution in [0.5, 0.6) is 5.75 Å². The minimum absolute atomic E-state index is 0.293. The van der Waals surface area contributed by atoms with Gasteiger partial charge in [0, 0.05) is 26.2 Å². The molecule has 0 aliphatic rings. The second-order valence-electron chi connectivity index (χ2n) is 3.24. The molecular formula is C11H11NO2. The van der Waals surface area contributed by atoms with Crippen molar-refractivity contribution >= 4 is 16.9 Å². The maximum absolute atomic E-state index is 10.7. The van der Waals surface area contributed by atoms with Crippen molar-refractivity contribution in [2.45, 2.75) is 6.92 Å². The van der Waals surface area contributed by atoms with Crippen LogP contribution in [0.1, 0.15) is 6.92 Å². The molecule has 0 amide bonds. The number of benzene rings is 1. The smallest absolute Gasteiger partial charge is 0.308 e. The van der Waals surface area contributed by atoms with Gasteiger partial charge in [0.2, 0.25) is 0 Å². The molecule has 14 heavy (non-hydrogen) atoms. The van der Waals surface area contributed by atoms with Crippen LogP contribution < -0.4 is 4.74 Å². The van der Waals surface area contributed by atoms with Gasteiger partial charge in [0.05, 0.1) is 5.52 Å². The fourth-order valence-electron chi connectivity index (χ4n) is 1.47. The zero-order valence-corrected chi connectivity index (χ0v) is 8.15. The Labute approximate surface area is 81.9 Å². The molecule has 0 aliphatic carbocycles. The highest BCUT2D eigenvalue weighted by Crippen LogP contribution is 2.21. The lowest BCUT2D eigenvalue weighted by Gasteiger charge is -2.02. The number of aryl methyl sites for hydroxylation is 1. The Morgan fingerprint density at radius 2 is 2.14 bits per heavy atom. The van der Waals surface area contributed by atoms with Crippen molar-refractivity contribution in [3.05, 3.63) is 30.5 Å². The van der Waals surface area contributed by atoms with Gasteiger partial charge in [0.25, 0.3) is 0 Å². The molecule has 0 bridgehead atoms. The number of ether oxygens (including phenoxy) is 1. The van der Waals surface area contributed by atoms with Crippen LogP contribution in [0.3, 0.4) is 0 Å². The van der Waals surface area contributed by atoms with Gasteiger partial charge in [0.1, 0.15) is 5.75 Å². The van der Waals surface area contributed by atoms with Crippen LogP contribution in [0.4, 0.5) is 0 Å². The Kier molecular flexibility index (Phi) is 2.00. The predicted molar refractivity (Wildman–Crippen MR) is 54.2 cm³/mol. The van der Waals surface area contributed by atoms with Crippen LogP contribution >= 0.6 is 0 Å². The van der Waals surface area contributed by atoms with Gasteiger partial charge in [-0.1, -0.05) is 0 Å². The largest absolute Gasteiger partial charge is 0.427 e. The van der Waals surface area contributed by atoms with Crippen LogP contribution in [0.15, 0.2) is 30.5 Å². The average molecular weight is 189 g/mol. The Bertz CT molecular complexity index is 485. The van der Waals surface area contributed by atoms with E-state index in [1.54, 1.807) is 6.07 Å². The summed E-state index contributed by atoms with van der Waals surface area (Å²) in [5.41, 5.74) is 1.06.